The minimum atomic E-state index is 0.0334. The summed E-state index contributed by atoms with van der Waals surface area (Å²) >= 11 is 0. The molecule has 0 atom stereocenters. The van der Waals surface area contributed by atoms with Crippen molar-refractivity contribution in [3.05, 3.63) is 259 Å². The van der Waals surface area contributed by atoms with Gasteiger partial charge in [-0.05, 0) is 155 Å². The van der Waals surface area contributed by atoms with E-state index >= 15 is 0 Å². The molecule has 12 rings (SSSR count). The minimum Gasteiger partial charge on any atom is -0.256 e. The molecule has 3 aromatic heterocycles. The standard InChI is InChI=1S/C71H55N3/c1-71(2,3)60-39-42-73-69(47-60)54-33-27-51(28-34-54)62-19-10-13-22-65(62)58-43-57(64-21-12-9-18-61(64)50-25-31-53(32-26-50)68-46-56(38-40-72-68)48-15-5-4-6-16-48)44-59(45-58)66-23-14-11-20-63(66)52-29-35-55(36-30-52)70-67-24-8-7-17-49(67)37-41-74-70/h4-6,9-47H,7-8H2,1-3H3. The maximum absolute atomic E-state index is 4.87. The SMILES string of the molecule is CC(C)(C)c1ccnc(-c2ccc(-c3ccccc3-c3cc(-c4ccccc4-c4ccc(-c5cc(-c6ccccc6)ccn5)cc4)cc(-c4ccccc4-c4ccc(-c5nccc6c5=CCCC=6)cc4)c3)cc2)c1. The fraction of sp³-hybridized carbons (Fsp3) is 0.0845. The van der Waals surface area contributed by atoms with Gasteiger partial charge in [-0.3, -0.25) is 15.0 Å². The Hall–Kier alpha value is -9.05. The van der Waals surface area contributed by atoms with Gasteiger partial charge in [0.15, 0.2) is 0 Å². The van der Waals surface area contributed by atoms with Gasteiger partial charge < -0.3 is 0 Å². The van der Waals surface area contributed by atoms with Gasteiger partial charge in [0.2, 0.25) is 0 Å². The Bertz CT molecular complexity index is 3960. The van der Waals surface area contributed by atoms with Crippen LogP contribution in [0.15, 0.2) is 243 Å². The molecular weight excluding hydrogens is 895 g/mol. The molecule has 354 valence electrons. The molecule has 0 fully saturated rings. The third-order valence-corrected chi connectivity index (χ3v) is 14.5. The van der Waals surface area contributed by atoms with Crippen LogP contribution in [0.5, 0.6) is 0 Å². The lowest BCUT2D eigenvalue weighted by atomic mass is 9.86. The highest BCUT2D eigenvalue weighted by Crippen LogP contribution is 2.43. The molecule has 3 heteroatoms. The normalized spacial score (nSPS) is 12.1. The summed E-state index contributed by atoms with van der Waals surface area (Å²) in [5, 5.41) is 2.50. The molecule has 74 heavy (non-hydrogen) atoms. The third-order valence-electron chi connectivity index (χ3n) is 14.5. The Morgan fingerprint density at radius 2 is 0.703 bits per heavy atom. The van der Waals surface area contributed by atoms with E-state index in [9.17, 15) is 0 Å². The van der Waals surface area contributed by atoms with Crippen LogP contribution in [-0.4, -0.2) is 15.0 Å². The molecule has 1 aliphatic carbocycles. The average Bonchev–Trinajstić information content (AvgIpc) is 3.47. The zero-order valence-electron chi connectivity index (χ0n) is 42.0. The van der Waals surface area contributed by atoms with E-state index in [1.54, 1.807) is 0 Å². The highest BCUT2D eigenvalue weighted by Gasteiger charge is 2.18. The van der Waals surface area contributed by atoms with Crippen LogP contribution >= 0.6 is 0 Å². The van der Waals surface area contributed by atoms with E-state index in [0.717, 1.165) is 102 Å². The Kier molecular flexibility index (Phi) is 12.4. The highest BCUT2D eigenvalue weighted by molar-refractivity contribution is 5.94. The van der Waals surface area contributed by atoms with Crippen molar-refractivity contribution in [1.82, 2.24) is 15.0 Å². The second-order valence-electron chi connectivity index (χ2n) is 20.3. The summed E-state index contributed by atoms with van der Waals surface area (Å²) in [6, 6.07) is 81.6. The first-order chi connectivity index (χ1) is 36.3. The van der Waals surface area contributed by atoms with Gasteiger partial charge in [0, 0.05) is 40.5 Å². The van der Waals surface area contributed by atoms with Crippen LogP contribution < -0.4 is 10.4 Å². The summed E-state index contributed by atoms with van der Waals surface area (Å²) in [7, 11) is 0. The van der Waals surface area contributed by atoms with Crippen molar-refractivity contribution in [3.63, 3.8) is 0 Å². The molecule has 0 saturated heterocycles. The number of fused-ring (bicyclic) bond motifs is 1. The van der Waals surface area contributed by atoms with Gasteiger partial charge in [0.25, 0.3) is 0 Å². The molecular formula is C71H55N3. The van der Waals surface area contributed by atoms with Crippen molar-refractivity contribution in [2.75, 3.05) is 0 Å². The maximum Gasteiger partial charge on any atom is 0.0776 e. The molecule has 0 radical (unpaired) electrons. The van der Waals surface area contributed by atoms with Gasteiger partial charge >= 0.3 is 0 Å². The van der Waals surface area contributed by atoms with E-state index < -0.39 is 0 Å². The molecule has 0 spiro atoms. The van der Waals surface area contributed by atoms with Crippen LogP contribution in [0.1, 0.15) is 39.2 Å². The van der Waals surface area contributed by atoms with E-state index in [1.165, 1.54) is 38.3 Å². The number of pyridine rings is 3. The van der Waals surface area contributed by atoms with Gasteiger partial charge in [0.1, 0.15) is 0 Å². The van der Waals surface area contributed by atoms with Crippen molar-refractivity contribution in [1.29, 1.82) is 0 Å². The number of hydrogen-bond donors (Lipinski definition) is 0. The summed E-state index contributed by atoms with van der Waals surface area (Å²) in [6.07, 6.45) is 12.5. The molecule has 0 N–H and O–H groups in total. The van der Waals surface area contributed by atoms with Gasteiger partial charge in [-0.1, -0.05) is 209 Å². The van der Waals surface area contributed by atoms with Gasteiger partial charge in [-0.15, -0.1) is 0 Å². The Balaban J connectivity index is 0.966. The molecule has 0 saturated carbocycles. The summed E-state index contributed by atoms with van der Waals surface area (Å²) in [6.45, 7) is 6.74. The van der Waals surface area contributed by atoms with Crippen LogP contribution in [0.2, 0.25) is 0 Å². The zero-order valence-corrected chi connectivity index (χ0v) is 42.0. The van der Waals surface area contributed by atoms with E-state index in [1.807, 2.05) is 18.6 Å². The summed E-state index contributed by atoms with van der Waals surface area (Å²) in [5.41, 5.74) is 23.8. The lowest BCUT2D eigenvalue weighted by Crippen LogP contribution is -2.29. The van der Waals surface area contributed by atoms with Gasteiger partial charge in [-0.25, -0.2) is 0 Å². The minimum absolute atomic E-state index is 0.0334. The van der Waals surface area contributed by atoms with Gasteiger partial charge in [-0.2, -0.15) is 0 Å². The predicted octanol–water partition coefficient (Wildman–Crippen LogP) is 17.2. The molecule has 0 unspecified atom stereocenters. The molecule has 3 nitrogen and oxygen atoms in total. The fourth-order valence-electron chi connectivity index (χ4n) is 10.5. The van der Waals surface area contributed by atoms with Crippen molar-refractivity contribution < 1.29 is 0 Å². The van der Waals surface area contributed by atoms with Crippen LogP contribution in [0.4, 0.5) is 0 Å². The van der Waals surface area contributed by atoms with Crippen LogP contribution in [0.25, 0.3) is 124 Å². The lowest BCUT2D eigenvalue weighted by Gasteiger charge is -2.19. The number of nitrogens with zero attached hydrogens (tertiary/aromatic N) is 3. The lowest BCUT2D eigenvalue weighted by molar-refractivity contribution is 0.589. The molecule has 1 aliphatic rings. The van der Waals surface area contributed by atoms with E-state index in [0.29, 0.717) is 0 Å². The summed E-state index contributed by atoms with van der Waals surface area (Å²) in [4.78, 5) is 14.4. The first-order valence-electron chi connectivity index (χ1n) is 25.7. The van der Waals surface area contributed by atoms with E-state index in [2.05, 4.69) is 257 Å². The van der Waals surface area contributed by atoms with Crippen molar-refractivity contribution in [3.8, 4) is 112 Å². The topological polar surface area (TPSA) is 38.7 Å². The second kappa shape index (κ2) is 19.9. The number of rotatable bonds is 10. The summed E-state index contributed by atoms with van der Waals surface area (Å²) < 4.78 is 0. The van der Waals surface area contributed by atoms with E-state index in [-0.39, 0.29) is 5.41 Å². The fourth-order valence-corrected chi connectivity index (χ4v) is 10.5. The van der Waals surface area contributed by atoms with Crippen LogP contribution in [-0.2, 0) is 5.41 Å². The Morgan fingerprint density at radius 3 is 1.20 bits per heavy atom. The number of benzene rings is 8. The quantitative estimate of drug-likeness (QED) is 0.137. The number of aromatic nitrogens is 3. The predicted molar refractivity (Wildman–Crippen MR) is 310 cm³/mol. The molecule has 0 amide bonds. The first kappa shape index (κ1) is 46.0. The molecule has 0 bridgehead atoms. The highest BCUT2D eigenvalue weighted by atomic mass is 14.7. The number of hydrogen-bond acceptors (Lipinski definition) is 3. The largest absolute Gasteiger partial charge is 0.256 e. The van der Waals surface area contributed by atoms with E-state index in [4.69, 9.17) is 15.0 Å². The maximum atomic E-state index is 4.87. The first-order valence-corrected chi connectivity index (χ1v) is 25.7. The van der Waals surface area contributed by atoms with Crippen molar-refractivity contribution >= 4 is 12.2 Å². The van der Waals surface area contributed by atoms with Crippen molar-refractivity contribution in [2.24, 2.45) is 0 Å². The third kappa shape index (κ3) is 9.33. The molecule has 8 aromatic carbocycles. The molecule has 11 aromatic rings. The molecule has 0 aliphatic heterocycles. The monoisotopic (exact) mass is 949 g/mol. The Morgan fingerprint density at radius 1 is 0.297 bits per heavy atom. The van der Waals surface area contributed by atoms with Crippen LogP contribution in [0.3, 0.4) is 0 Å². The smallest absolute Gasteiger partial charge is 0.0776 e. The summed E-state index contributed by atoms with van der Waals surface area (Å²) in [5.74, 6) is 0. The van der Waals surface area contributed by atoms with Gasteiger partial charge in [0.05, 0.1) is 17.1 Å². The second-order valence-corrected chi connectivity index (χ2v) is 20.3. The van der Waals surface area contributed by atoms with Crippen LogP contribution in [0, 0.1) is 0 Å². The molecule has 3 heterocycles. The zero-order chi connectivity index (χ0) is 50.0. The Labute approximate surface area is 434 Å². The average molecular weight is 950 g/mol. The van der Waals surface area contributed by atoms with Crippen molar-refractivity contribution in [2.45, 2.75) is 39.0 Å².